The highest BCUT2D eigenvalue weighted by atomic mass is 15.1. The van der Waals surface area contributed by atoms with E-state index in [-0.39, 0.29) is 0 Å². The number of nitrogens with one attached hydrogen (secondary N) is 1. The first-order chi connectivity index (χ1) is 22.7. The molecule has 1 fully saturated rings. The lowest BCUT2D eigenvalue weighted by Gasteiger charge is -2.47. The molecule has 1 aliphatic rings. The zero-order valence-corrected chi connectivity index (χ0v) is 26.8. The Bertz CT molecular complexity index is 1400. The molecule has 0 amide bonds. The molecule has 0 unspecified atom stereocenters. The molecule has 1 heterocycles. The predicted octanol–water partition coefficient (Wildman–Crippen LogP) is 9.66. The van der Waals surface area contributed by atoms with Crippen molar-refractivity contribution in [2.75, 3.05) is 20.1 Å². The van der Waals surface area contributed by atoms with E-state index in [1.54, 1.807) is 0 Å². The van der Waals surface area contributed by atoms with E-state index in [9.17, 15) is 0 Å². The van der Waals surface area contributed by atoms with Gasteiger partial charge >= 0.3 is 0 Å². The minimum Gasteiger partial charge on any atom is -0.306 e. The van der Waals surface area contributed by atoms with Crippen molar-refractivity contribution in [3.63, 3.8) is 0 Å². The predicted molar refractivity (Wildman–Crippen MR) is 193 cm³/mol. The van der Waals surface area contributed by atoms with Crippen LogP contribution in [0.3, 0.4) is 0 Å². The van der Waals surface area contributed by atoms with Gasteiger partial charge in [-0.1, -0.05) is 188 Å². The second kappa shape index (κ2) is 15.0. The zero-order chi connectivity index (χ0) is 31.5. The highest BCUT2D eigenvalue weighted by Gasteiger charge is 2.46. The Hall–Kier alpha value is -4.76. The molecule has 2 heteroatoms. The fourth-order valence-corrected chi connectivity index (χ4v) is 6.90. The number of benzene rings is 6. The van der Waals surface area contributed by atoms with E-state index in [0.717, 1.165) is 0 Å². The van der Waals surface area contributed by atoms with Crippen LogP contribution < -0.4 is 5.32 Å². The molecule has 1 aliphatic heterocycles. The van der Waals surface area contributed by atoms with E-state index in [1.807, 2.05) is 0 Å². The lowest BCUT2D eigenvalue weighted by atomic mass is 9.70. The standard InChI is InChI=1S/C38H31N.C6H13N/c1-7-19-31(20-8-1)37(32-21-9-2-10-22-32,33-23-11-3-12-24-33)39-38(34-25-13-4-14-26-34,35-27-15-5-16-28-35)36-29-17-6-18-30-36;1-7-5-3-2-4-6-7/h1-30,39H;2-6H2,1H3. The quantitative estimate of drug-likeness (QED) is 0.175. The SMILES string of the molecule is CN1CCCCC1.c1ccc(C(NC(c2ccccc2)(c2ccccc2)c2ccccc2)(c2ccccc2)c2ccccc2)cc1. The highest BCUT2D eigenvalue weighted by molar-refractivity contribution is 5.56. The lowest BCUT2D eigenvalue weighted by Crippen LogP contribution is -2.57. The summed E-state index contributed by atoms with van der Waals surface area (Å²) in [4.78, 5) is 2.39. The fourth-order valence-electron chi connectivity index (χ4n) is 6.90. The molecule has 0 aromatic heterocycles. The second-order valence-electron chi connectivity index (χ2n) is 12.2. The Morgan fingerprint density at radius 3 is 0.739 bits per heavy atom. The van der Waals surface area contributed by atoms with Crippen LogP contribution in [0.25, 0.3) is 0 Å². The molecule has 1 N–H and O–H groups in total. The van der Waals surface area contributed by atoms with Crippen LogP contribution in [0, 0.1) is 0 Å². The number of nitrogens with zero attached hydrogens (tertiary/aromatic N) is 1. The van der Waals surface area contributed by atoms with E-state index in [0.29, 0.717) is 0 Å². The number of likely N-dealkylation sites (tertiary alicyclic amines) is 1. The summed E-state index contributed by atoms with van der Waals surface area (Å²) in [6.07, 6.45) is 4.28. The first kappa shape index (κ1) is 31.2. The van der Waals surface area contributed by atoms with Crippen LogP contribution in [0.5, 0.6) is 0 Å². The van der Waals surface area contributed by atoms with Gasteiger partial charge in [0.2, 0.25) is 0 Å². The molecule has 0 atom stereocenters. The first-order valence-corrected chi connectivity index (χ1v) is 16.5. The summed E-state index contributed by atoms with van der Waals surface area (Å²) in [5, 5.41) is 4.38. The van der Waals surface area contributed by atoms with Gasteiger partial charge in [-0.25, -0.2) is 0 Å². The highest BCUT2D eigenvalue weighted by Crippen LogP contribution is 2.45. The number of hydrogen-bond acceptors (Lipinski definition) is 2. The van der Waals surface area contributed by atoms with Gasteiger partial charge in [0.05, 0.1) is 11.1 Å². The van der Waals surface area contributed by atoms with Gasteiger partial charge in [0.15, 0.2) is 0 Å². The second-order valence-corrected chi connectivity index (χ2v) is 12.2. The molecule has 0 saturated carbocycles. The van der Waals surface area contributed by atoms with Crippen molar-refractivity contribution in [2.45, 2.75) is 30.3 Å². The molecule has 6 aromatic rings. The van der Waals surface area contributed by atoms with Gasteiger partial charge < -0.3 is 4.90 Å². The third kappa shape index (κ3) is 6.60. The van der Waals surface area contributed by atoms with Crippen molar-refractivity contribution in [1.29, 1.82) is 0 Å². The maximum Gasteiger partial charge on any atom is 0.0959 e. The van der Waals surface area contributed by atoms with Crippen LogP contribution in [0.1, 0.15) is 52.6 Å². The van der Waals surface area contributed by atoms with Crippen LogP contribution in [0.4, 0.5) is 0 Å². The van der Waals surface area contributed by atoms with Crippen molar-refractivity contribution >= 4 is 0 Å². The summed E-state index contributed by atoms with van der Waals surface area (Å²) in [7, 11) is 2.19. The maximum absolute atomic E-state index is 4.38. The van der Waals surface area contributed by atoms with Gasteiger partial charge in [0, 0.05) is 0 Å². The van der Waals surface area contributed by atoms with Gasteiger partial charge in [-0.15, -0.1) is 0 Å². The molecule has 0 radical (unpaired) electrons. The Morgan fingerprint density at radius 2 is 0.565 bits per heavy atom. The van der Waals surface area contributed by atoms with E-state index in [2.05, 4.69) is 199 Å². The summed E-state index contributed by atoms with van der Waals surface area (Å²) in [5.41, 5.74) is 5.70. The third-order valence-electron chi connectivity index (χ3n) is 9.20. The molecule has 230 valence electrons. The maximum atomic E-state index is 4.38. The monoisotopic (exact) mass is 600 g/mol. The van der Waals surface area contributed by atoms with Gasteiger partial charge in [-0.2, -0.15) is 0 Å². The largest absolute Gasteiger partial charge is 0.306 e. The molecular weight excluding hydrogens is 556 g/mol. The number of hydrogen-bond donors (Lipinski definition) is 1. The van der Waals surface area contributed by atoms with Crippen molar-refractivity contribution < 1.29 is 0 Å². The van der Waals surface area contributed by atoms with Crippen molar-refractivity contribution in [3.8, 4) is 0 Å². The van der Waals surface area contributed by atoms with Crippen molar-refractivity contribution in [3.05, 3.63) is 215 Å². The van der Waals surface area contributed by atoms with Gasteiger partial charge in [-0.3, -0.25) is 5.32 Å². The minimum absolute atomic E-state index is 0.675. The van der Waals surface area contributed by atoms with E-state index in [4.69, 9.17) is 0 Å². The van der Waals surface area contributed by atoms with Gasteiger partial charge in [0.25, 0.3) is 0 Å². The summed E-state index contributed by atoms with van der Waals surface area (Å²) in [5.74, 6) is 0. The van der Waals surface area contributed by atoms with Crippen LogP contribution in [-0.2, 0) is 11.1 Å². The molecular formula is C44H44N2. The molecule has 0 spiro atoms. The molecule has 0 aliphatic carbocycles. The third-order valence-corrected chi connectivity index (χ3v) is 9.20. The Balaban J connectivity index is 0.000000471. The van der Waals surface area contributed by atoms with Crippen LogP contribution in [0.2, 0.25) is 0 Å². The normalized spacial score (nSPS) is 13.8. The average molecular weight is 601 g/mol. The van der Waals surface area contributed by atoms with E-state index in [1.165, 1.54) is 65.7 Å². The summed E-state index contributed by atoms with van der Waals surface area (Å²) >= 11 is 0. The van der Waals surface area contributed by atoms with Crippen molar-refractivity contribution in [2.24, 2.45) is 0 Å². The molecule has 2 nitrogen and oxygen atoms in total. The Labute approximate surface area is 275 Å². The van der Waals surface area contributed by atoms with Gasteiger partial charge in [0.1, 0.15) is 0 Å². The lowest BCUT2D eigenvalue weighted by molar-refractivity contribution is 0.277. The topological polar surface area (TPSA) is 15.3 Å². The minimum atomic E-state index is -0.675. The summed E-state index contributed by atoms with van der Waals surface area (Å²) in [6, 6.07) is 64.9. The Kier molecular flexibility index (Phi) is 10.2. The van der Waals surface area contributed by atoms with E-state index >= 15 is 0 Å². The van der Waals surface area contributed by atoms with Crippen LogP contribution in [-0.4, -0.2) is 25.0 Å². The van der Waals surface area contributed by atoms with Gasteiger partial charge in [-0.05, 0) is 66.4 Å². The average Bonchev–Trinajstić information content (AvgIpc) is 3.15. The summed E-state index contributed by atoms with van der Waals surface area (Å²) < 4.78 is 0. The van der Waals surface area contributed by atoms with Crippen LogP contribution in [0.15, 0.2) is 182 Å². The van der Waals surface area contributed by atoms with Crippen molar-refractivity contribution in [1.82, 2.24) is 10.2 Å². The molecule has 0 bridgehead atoms. The number of rotatable bonds is 8. The van der Waals surface area contributed by atoms with E-state index < -0.39 is 11.1 Å². The molecule has 1 saturated heterocycles. The zero-order valence-electron chi connectivity index (χ0n) is 26.8. The smallest absolute Gasteiger partial charge is 0.0959 e. The molecule has 6 aromatic carbocycles. The summed E-state index contributed by atoms with van der Waals surface area (Å²) in [6.45, 7) is 2.64. The fraction of sp³-hybridized carbons (Fsp3) is 0.182. The Morgan fingerprint density at radius 1 is 0.348 bits per heavy atom. The molecule has 7 rings (SSSR count). The first-order valence-electron chi connectivity index (χ1n) is 16.5. The number of piperidine rings is 1. The van der Waals surface area contributed by atoms with Crippen LogP contribution >= 0.6 is 0 Å². The molecule has 46 heavy (non-hydrogen) atoms.